The number of ether oxygens (including phenoxy) is 1. The van der Waals surface area contributed by atoms with Crippen molar-refractivity contribution in [1.82, 2.24) is 5.32 Å². The van der Waals surface area contributed by atoms with E-state index in [-0.39, 0.29) is 17.7 Å². The van der Waals surface area contributed by atoms with Crippen LogP contribution in [0.5, 0.6) is 5.75 Å². The van der Waals surface area contributed by atoms with Crippen LogP contribution < -0.4 is 15.8 Å². The smallest absolute Gasteiger partial charge is 0.256 e. The monoisotopic (exact) mass is 280 g/mol. The lowest BCUT2D eigenvalue weighted by molar-refractivity contribution is 0.0950. The first-order valence-electron chi connectivity index (χ1n) is 5.55. The Hall–Kier alpha value is -2.14. The highest BCUT2D eigenvalue weighted by Gasteiger charge is 2.13. The van der Waals surface area contributed by atoms with Gasteiger partial charge in [-0.25, -0.2) is 0 Å². The molecule has 0 unspecified atom stereocenters. The van der Waals surface area contributed by atoms with Gasteiger partial charge < -0.3 is 20.2 Å². The summed E-state index contributed by atoms with van der Waals surface area (Å²) in [4.78, 5) is 11.9. The third kappa shape index (κ3) is 3.00. The van der Waals surface area contributed by atoms with Crippen LogP contribution in [-0.4, -0.2) is 13.0 Å². The molecular formula is C13H13ClN2O3. The van der Waals surface area contributed by atoms with Gasteiger partial charge in [-0.15, -0.1) is 0 Å². The zero-order chi connectivity index (χ0) is 13.8. The fourth-order valence-electron chi connectivity index (χ4n) is 1.66. The summed E-state index contributed by atoms with van der Waals surface area (Å²) in [6, 6.07) is 6.74. The minimum Gasteiger partial charge on any atom is -0.496 e. The molecule has 0 radical (unpaired) electrons. The van der Waals surface area contributed by atoms with Crippen molar-refractivity contribution >= 4 is 23.2 Å². The van der Waals surface area contributed by atoms with E-state index < -0.39 is 0 Å². The van der Waals surface area contributed by atoms with Gasteiger partial charge in [0.05, 0.1) is 18.9 Å². The number of carbonyl (C=O) groups is 1. The maximum atomic E-state index is 11.9. The predicted molar refractivity (Wildman–Crippen MR) is 72.3 cm³/mol. The molecular weight excluding hydrogens is 268 g/mol. The molecule has 0 fully saturated rings. The third-order valence-corrected chi connectivity index (χ3v) is 2.90. The molecule has 0 atom stereocenters. The predicted octanol–water partition coefficient (Wildman–Crippen LogP) is 2.45. The Morgan fingerprint density at radius 3 is 2.89 bits per heavy atom. The van der Waals surface area contributed by atoms with E-state index in [2.05, 4.69) is 5.32 Å². The van der Waals surface area contributed by atoms with Crippen molar-refractivity contribution in [2.75, 3.05) is 12.8 Å². The number of carbonyl (C=O) groups excluding carboxylic acids is 1. The van der Waals surface area contributed by atoms with Crippen LogP contribution in [0.3, 0.4) is 0 Å². The molecule has 100 valence electrons. The van der Waals surface area contributed by atoms with Crippen molar-refractivity contribution in [3.8, 4) is 5.75 Å². The van der Waals surface area contributed by atoms with Gasteiger partial charge in [-0.3, -0.25) is 4.79 Å². The van der Waals surface area contributed by atoms with Crippen LogP contribution in [0.2, 0.25) is 5.22 Å². The number of methoxy groups -OCH3 is 1. The van der Waals surface area contributed by atoms with E-state index in [4.69, 9.17) is 26.5 Å². The van der Waals surface area contributed by atoms with Crippen molar-refractivity contribution in [2.24, 2.45) is 0 Å². The molecule has 5 nitrogen and oxygen atoms in total. The lowest BCUT2D eigenvalue weighted by Gasteiger charge is -2.10. The number of benzene rings is 1. The molecule has 19 heavy (non-hydrogen) atoms. The number of amides is 1. The molecule has 0 aliphatic carbocycles. The Morgan fingerprint density at radius 1 is 1.47 bits per heavy atom. The molecule has 1 aromatic carbocycles. The van der Waals surface area contributed by atoms with Gasteiger partial charge in [0.15, 0.2) is 0 Å². The Bertz CT molecular complexity index is 595. The Labute approximate surface area is 115 Å². The van der Waals surface area contributed by atoms with Gasteiger partial charge in [-0.2, -0.15) is 0 Å². The fourth-order valence-corrected chi connectivity index (χ4v) is 1.86. The zero-order valence-electron chi connectivity index (χ0n) is 10.3. The molecule has 1 amide bonds. The van der Waals surface area contributed by atoms with E-state index in [1.165, 1.54) is 12.3 Å². The molecule has 2 rings (SSSR count). The summed E-state index contributed by atoms with van der Waals surface area (Å²) >= 11 is 5.73. The lowest BCUT2D eigenvalue weighted by Crippen LogP contribution is -2.22. The number of anilines is 1. The van der Waals surface area contributed by atoms with Crippen LogP contribution in [0.4, 0.5) is 5.69 Å². The first-order chi connectivity index (χ1) is 9.11. The molecule has 3 N–H and O–H groups in total. The molecule has 0 aliphatic rings. The van der Waals surface area contributed by atoms with Crippen molar-refractivity contribution in [3.63, 3.8) is 0 Å². The van der Waals surface area contributed by atoms with Gasteiger partial charge in [0.1, 0.15) is 5.75 Å². The second-order valence-corrected chi connectivity index (χ2v) is 4.21. The summed E-state index contributed by atoms with van der Waals surface area (Å²) in [5, 5.41) is 2.79. The molecule has 0 spiro atoms. The van der Waals surface area contributed by atoms with E-state index in [9.17, 15) is 4.79 Å². The summed E-state index contributed by atoms with van der Waals surface area (Å²) in [5.74, 6) is 0.344. The number of halogens is 1. The standard InChI is InChI=1S/C13H13ClN2O3/c1-18-11-3-2-9(15)6-8(11)7-16-13(17)10-4-5-19-12(10)14/h2-6H,7,15H2,1H3,(H,16,17). The third-order valence-electron chi connectivity index (χ3n) is 2.61. The number of nitrogens with one attached hydrogen (secondary N) is 1. The number of hydrogen-bond donors (Lipinski definition) is 2. The Morgan fingerprint density at radius 2 is 2.26 bits per heavy atom. The number of nitrogens with two attached hydrogens (primary N) is 1. The average molecular weight is 281 g/mol. The van der Waals surface area contributed by atoms with Crippen molar-refractivity contribution in [1.29, 1.82) is 0 Å². The fraction of sp³-hybridized carbons (Fsp3) is 0.154. The van der Waals surface area contributed by atoms with Crippen LogP contribution >= 0.6 is 11.6 Å². The number of furan rings is 1. The molecule has 6 heteroatoms. The largest absolute Gasteiger partial charge is 0.496 e. The summed E-state index contributed by atoms with van der Waals surface area (Å²) in [5.41, 5.74) is 7.39. The molecule has 1 aromatic heterocycles. The van der Waals surface area contributed by atoms with Crippen LogP contribution in [-0.2, 0) is 6.54 Å². The highest BCUT2D eigenvalue weighted by atomic mass is 35.5. The number of nitrogen functional groups attached to an aromatic ring is 1. The van der Waals surface area contributed by atoms with Gasteiger partial charge in [0, 0.05) is 17.8 Å². The van der Waals surface area contributed by atoms with Gasteiger partial charge >= 0.3 is 0 Å². The van der Waals surface area contributed by atoms with Crippen molar-refractivity contribution < 1.29 is 13.9 Å². The average Bonchev–Trinajstić information content (AvgIpc) is 2.82. The number of hydrogen-bond acceptors (Lipinski definition) is 4. The first-order valence-corrected chi connectivity index (χ1v) is 5.93. The molecule has 0 saturated heterocycles. The topological polar surface area (TPSA) is 77.5 Å². The van der Waals surface area contributed by atoms with Crippen LogP contribution in [0.1, 0.15) is 15.9 Å². The molecule has 2 aromatic rings. The summed E-state index contributed by atoms with van der Waals surface area (Å²) < 4.78 is 10.1. The van der Waals surface area contributed by atoms with E-state index in [0.717, 1.165) is 5.56 Å². The lowest BCUT2D eigenvalue weighted by atomic mass is 10.1. The maximum absolute atomic E-state index is 11.9. The minimum absolute atomic E-state index is 0.0667. The SMILES string of the molecule is COc1ccc(N)cc1CNC(=O)c1ccoc1Cl. The van der Waals surface area contributed by atoms with E-state index >= 15 is 0 Å². The minimum atomic E-state index is -0.316. The molecule has 0 saturated carbocycles. The van der Waals surface area contributed by atoms with Gasteiger partial charge in [0.25, 0.3) is 5.91 Å². The van der Waals surface area contributed by atoms with Crippen LogP contribution in [0.25, 0.3) is 0 Å². The maximum Gasteiger partial charge on any atom is 0.256 e. The Kier molecular flexibility index (Phi) is 3.97. The van der Waals surface area contributed by atoms with E-state index in [0.29, 0.717) is 17.0 Å². The van der Waals surface area contributed by atoms with E-state index in [1.807, 2.05) is 0 Å². The highest BCUT2D eigenvalue weighted by Crippen LogP contribution is 2.21. The quantitative estimate of drug-likeness (QED) is 0.843. The molecule has 0 aliphatic heterocycles. The summed E-state index contributed by atoms with van der Waals surface area (Å²) in [6.45, 7) is 0.286. The highest BCUT2D eigenvalue weighted by molar-refractivity contribution is 6.32. The van der Waals surface area contributed by atoms with Crippen LogP contribution in [0.15, 0.2) is 34.9 Å². The van der Waals surface area contributed by atoms with E-state index in [1.54, 1.807) is 25.3 Å². The Balaban J connectivity index is 2.09. The second-order valence-electron chi connectivity index (χ2n) is 3.86. The van der Waals surface area contributed by atoms with Crippen molar-refractivity contribution in [3.05, 3.63) is 46.9 Å². The second kappa shape index (κ2) is 5.67. The molecule has 1 heterocycles. The summed E-state index contributed by atoms with van der Waals surface area (Å²) in [6.07, 6.45) is 1.36. The molecule has 0 bridgehead atoms. The normalized spacial score (nSPS) is 10.2. The zero-order valence-corrected chi connectivity index (χ0v) is 11.0. The van der Waals surface area contributed by atoms with Crippen molar-refractivity contribution in [2.45, 2.75) is 6.54 Å². The van der Waals surface area contributed by atoms with Crippen LogP contribution in [0, 0.1) is 0 Å². The first kappa shape index (κ1) is 13.3. The van der Waals surface area contributed by atoms with Gasteiger partial charge in [0.2, 0.25) is 5.22 Å². The van der Waals surface area contributed by atoms with Gasteiger partial charge in [-0.05, 0) is 35.9 Å². The van der Waals surface area contributed by atoms with Gasteiger partial charge in [-0.1, -0.05) is 0 Å². The number of rotatable bonds is 4. The summed E-state index contributed by atoms with van der Waals surface area (Å²) in [7, 11) is 1.56.